The SMILES string of the molecule is Cc1ccc(CNC(=O)NCc2csc3c2CN([C@H]2CCCC(=O)NC2=O)C3=O)cc1Cl. The minimum atomic E-state index is -0.654. The van der Waals surface area contributed by atoms with Crippen molar-refractivity contribution in [2.75, 3.05) is 0 Å². The van der Waals surface area contributed by atoms with E-state index in [0.717, 1.165) is 22.3 Å². The second-order valence-corrected chi connectivity index (χ2v) is 9.23. The Morgan fingerprint density at radius 2 is 2.03 bits per heavy atom. The van der Waals surface area contributed by atoms with Crippen LogP contribution in [0.1, 0.15) is 51.2 Å². The first-order chi connectivity index (χ1) is 15.3. The molecular weight excluding hydrogens is 452 g/mol. The number of urea groups is 1. The molecule has 0 aliphatic carbocycles. The molecule has 4 rings (SSSR count). The highest BCUT2D eigenvalue weighted by atomic mass is 35.5. The van der Waals surface area contributed by atoms with Gasteiger partial charge in [-0.05, 0) is 47.9 Å². The van der Waals surface area contributed by atoms with Crippen LogP contribution in [0, 0.1) is 6.92 Å². The smallest absolute Gasteiger partial charge is 0.315 e. The van der Waals surface area contributed by atoms with Gasteiger partial charge in [0.25, 0.3) is 5.91 Å². The molecule has 0 bridgehead atoms. The van der Waals surface area contributed by atoms with Gasteiger partial charge in [-0.1, -0.05) is 23.7 Å². The van der Waals surface area contributed by atoms with Gasteiger partial charge in [-0.3, -0.25) is 19.7 Å². The van der Waals surface area contributed by atoms with Gasteiger partial charge in [-0.25, -0.2) is 4.79 Å². The monoisotopic (exact) mass is 474 g/mol. The number of hydrogen-bond donors (Lipinski definition) is 3. The van der Waals surface area contributed by atoms with E-state index in [2.05, 4.69) is 16.0 Å². The van der Waals surface area contributed by atoms with Gasteiger partial charge in [0.15, 0.2) is 0 Å². The van der Waals surface area contributed by atoms with Crippen LogP contribution in [-0.4, -0.2) is 34.7 Å². The predicted octanol–water partition coefficient (Wildman–Crippen LogP) is 2.86. The molecule has 1 saturated heterocycles. The number of halogens is 1. The van der Waals surface area contributed by atoms with Crippen LogP contribution in [0.4, 0.5) is 4.79 Å². The number of nitrogens with zero attached hydrogens (tertiary/aromatic N) is 1. The third-order valence-corrected chi connectivity index (χ3v) is 7.18. The molecule has 1 aromatic carbocycles. The first kappa shape index (κ1) is 22.3. The Morgan fingerprint density at radius 1 is 1.25 bits per heavy atom. The molecule has 2 aliphatic rings. The number of benzene rings is 1. The van der Waals surface area contributed by atoms with E-state index in [1.807, 2.05) is 30.5 Å². The van der Waals surface area contributed by atoms with E-state index >= 15 is 0 Å². The number of fused-ring (bicyclic) bond motifs is 1. The highest BCUT2D eigenvalue weighted by Gasteiger charge is 2.39. The summed E-state index contributed by atoms with van der Waals surface area (Å²) in [6.45, 7) is 2.82. The average Bonchev–Trinajstić information content (AvgIpc) is 3.24. The molecule has 0 saturated carbocycles. The molecule has 5 amide bonds. The Kier molecular flexibility index (Phi) is 6.48. The van der Waals surface area contributed by atoms with Crippen molar-refractivity contribution in [1.29, 1.82) is 0 Å². The number of rotatable bonds is 5. The Bertz CT molecular complexity index is 1100. The van der Waals surface area contributed by atoms with Crippen molar-refractivity contribution >= 4 is 46.7 Å². The largest absolute Gasteiger partial charge is 0.334 e. The lowest BCUT2D eigenvalue weighted by Gasteiger charge is -2.25. The zero-order chi connectivity index (χ0) is 22.8. The van der Waals surface area contributed by atoms with E-state index in [-0.39, 0.29) is 30.8 Å². The Morgan fingerprint density at radius 3 is 2.81 bits per heavy atom. The molecule has 32 heavy (non-hydrogen) atoms. The van der Waals surface area contributed by atoms with Crippen LogP contribution >= 0.6 is 22.9 Å². The van der Waals surface area contributed by atoms with Crippen molar-refractivity contribution in [3.63, 3.8) is 0 Å². The summed E-state index contributed by atoms with van der Waals surface area (Å²) in [6.07, 6.45) is 1.29. The normalized spacial score (nSPS) is 18.2. The summed E-state index contributed by atoms with van der Waals surface area (Å²) in [6, 6.07) is 4.65. The Balaban J connectivity index is 1.35. The van der Waals surface area contributed by atoms with Crippen LogP contribution in [0.2, 0.25) is 5.02 Å². The first-order valence-electron chi connectivity index (χ1n) is 10.3. The number of carbonyl (C=O) groups is 4. The number of aryl methyl sites for hydroxylation is 1. The molecule has 0 unspecified atom stereocenters. The van der Waals surface area contributed by atoms with E-state index in [1.165, 1.54) is 16.2 Å². The second kappa shape index (κ2) is 9.30. The number of hydrogen-bond acceptors (Lipinski definition) is 5. The number of thiophene rings is 1. The van der Waals surface area contributed by atoms with Crippen molar-refractivity contribution in [1.82, 2.24) is 20.9 Å². The van der Waals surface area contributed by atoms with Crippen LogP contribution in [0.3, 0.4) is 0 Å². The molecular formula is C22H23ClN4O4S. The molecule has 0 spiro atoms. The van der Waals surface area contributed by atoms with Gasteiger partial charge in [0.2, 0.25) is 11.8 Å². The van der Waals surface area contributed by atoms with Gasteiger partial charge in [0.05, 0.1) is 4.88 Å². The summed E-state index contributed by atoms with van der Waals surface area (Å²) in [5, 5.41) is 10.5. The molecule has 0 radical (unpaired) electrons. The summed E-state index contributed by atoms with van der Waals surface area (Å²) >= 11 is 7.43. The lowest BCUT2D eigenvalue weighted by atomic mass is 10.1. The number of carbonyl (C=O) groups excluding carboxylic acids is 4. The zero-order valence-corrected chi connectivity index (χ0v) is 19.1. The summed E-state index contributed by atoms with van der Waals surface area (Å²) in [7, 11) is 0. The zero-order valence-electron chi connectivity index (χ0n) is 17.5. The van der Waals surface area contributed by atoms with Gasteiger partial charge in [0.1, 0.15) is 6.04 Å². The molecule has 8 nitrogen and oxygen atoms in total. The molecule has 2 aliphatic heterocycles. The van der Waals surface area contributed by atoms with E-state index in [9.17, 15) is 19.2 Å². The average molecular weight is 475 g/mol. The number of imide groups is 1. The van der Waals surface area contributed by atoms with Crippen LogP contribution in [0.15, 0.2) is 23.6 Å². The van der Waals surface area contributed by atoms with Gasteiger partial charge in [0, 0.05) is 36.6 Å². The van der Waals surface area contributed by atoms with Gasteiger partial charge < -0.3 is 15.5 Å². The highest BCUT2D eigenvalue weighted by molar-refractivity contribution is 7.12. The Labute approximate surface area is 194 Å². The van der Waals surface area contributed by atoms with E-state index < -0.39 is 11.9 Å². The quantitative estimate of drug-likeness (QED) is 0.579. The summed E-state index contributed by atoms with van der Waals surface area (Å²) in [5.41, 5.74) is 3.55. The minimum absolute atomic E-state index is 0.202. The van der Waals surface area contributed by atoms with Crippen molar-refractivity contribution in [3.8, 4) is 0 Å². The lowest BCUT2D eigenvalue weighted by molar-refractivity contribution is -0.132. The number of amides is 5. The lowest BCUT2D eigenvalue weighted by Crippen LogP contribution is -2.47. The van der Waals surface area contributed by atoms with E-state index in [1.54, 1.807) is 0 Å². The molecule has 1 aromatic heterocycles. The number of nitrogens with one attached hydrogen (secondary N) is 3. The fourth-order valence-corrected chi connectivity index (χ4v) is 5.12. The predicted molar refractivity (Wildman–Crippen MR) is 120 cm³/mol. The van der Waals surface area contributed by atoms with Crippen molar-refractivity contribution in [3.05, 3.63) is 55.7 Å². The molecule has 2 aromatic rings. The maximum atomic E-state index is 12.9. The third-order valence-electron chi connectivity index (χ3n) is 5.72. The summed E-state index contributed by atoms with van der Waals surface area (Å²) in [5.74, 6) is -0.930. The molecule has 168 valence electrons. The fourth-order valence-electron chi connectivity index (χ4n) is 3.88. The second-order valence-electron chi connectivity index (χ2n) is 7.94. The topological polar surface area (TPSA) is 108 Å². The van der Waals surface area contributed by atoms with Crippen LogP contribution < -0.4 is 16.0 Å². The molecule has 3 heterocycles. The first-order valence-corrected chi connectivity index (χ1v) is 11.6. The van der Waals surface area contributed by atoms with Gasteiger partial charge >= 0.3 is 6.03 Å². The van der Waals surface area contributed by atoms with Crippen LogP contribution in [0.25, 0.3) is 0 Å². The van der Waals surface area contributed by atoms with Gasteiger partial charge in [-0.15, -0.1) is 11.3 Å². The maximum absolute atomic E-state index is 12.9. The van der Waals surface area contributed by atoms with E-state index in [4.69, 9.17) is 11.6 Å². The van der Waals surface area contributed by atoms with E-state index in [0.29, 0.717) is 35.8 Å². The minimum Gasteiger partial charge on any atom is -0.334 e. The standard InChI is InChI=1S/C22H23ClN4O4S/c1-12-5-6-13(7-16(12)23)8-24-22(31)25-9-14-11-32-19-15(14)10-27(21(19)30)17-3-2-4-18(28)26-20(17)29/h5-7,11,17H,2-4,8-10H2,1H3,(H2,24,25,31)(H,26,28,29)/t17-/m0/s1. The maximum Gasteiger partial charge on any atom is 0.315 e. The van der Waals surface area contributed by atoms with Crippen LogP contribution in [-0.2, 0) is 29.2 Å². The van der Waals surface area contributed by atoms with Crippen molar-refractivity contribution in [2.45, 2.75) is 51.9 Å². The molecule has 10 heteroatoms. The Hall–Kier alpha value is -2.91. The molecule has 1 atom stereocenters. The third kappa shape index (κ3) is 4.63. The molecule has 1 fully saturated rings. The van der Waals surface area contributed by atoms with Gasteiger partial charge in [-0.2, -0.15) is 0 Å². The van der Waals surface area contributed by atoms with Crippen LogP contribution in [0.5, 0.6) is 0 Å². The highest BCUT2D eigenvalue weighted by Crippen LogP contribution is 2.34. The van der Waals surface area contributed by atoms with Crippen molar-refractivity contribution < 1.29 is 19.2 Å². The van der Waals surface area contributed by atoms with Crippen molar-refractivity contribution in [2.24, 2.45) is 0 Å². The summed E-state index contributed by atoms with van der Waals surface area (Å²) < 4.78 is 0. The fraction of sp³-hybridized carbons (Fsp3) is 0.364. The summed E-state index contributed by atoms with van der Waals surface area (Å²) in [4.78, 5) is 51.2. The molecule has 3 N–H and O–H groups in total.